The zero-order chi connectivity index (χ0) is 27.3. The van der Waals surface area contributed by atoms with E-state index >= 15 is 0 Å². The predicted octanol–water partition coefficient (Wildman–Crippen LogP) is 6.13. The first-order valence-electron chi connectivity index (χ1n) is 12.5. The second-order valence-electron chi connectivity index (χ2n) is 10.2. The van der Waals surface area contributed by atoms with Crippen LogP contribution in [0.25, 0.3) is 11.3 Å². The number of benzene rings is 1. The summed E-state index contributed by atoms with van der Waals surface area (Å²) in [4.78, 5) is 35.9. The van der Waals surface area contributed by atoms with Gasteiger partial charge in [-0.2, -0.15) is 0 Å². The standard InChI is InChI=1S/C28H31ClFN5O3/c1-28(2,3)38-27(37)35-13-5-7-20(17-35)26(36)34-24-15-19(11-12-31-24)23-10-9-22(29)25(33-23)32-16-18-6-4-8-21(30)14-18/h4,6,8-12,14-15,20H,5,7,13,16-17H2,1-3H3,(H,32,33)(H,31,34,36)/t20-/m1/s1. The van der Waals surface area contributed by atoms with Crippen molar-refractivity contribution in [3.63, 3.8) is 0 Å². The van der Waals surface area contributed by atoms with E-state index in [1.165, 1.54) is 12.1 Å². The lowest BCUT2D eigenvalue weighted by Gasteiger charge is -2.33. The van der Waals surface area contributed by atoms with Gasteiger partial charge in [-0.25, -0.2) is 19.2 Å². The summed E-state index contributed by atoms with van der Waals surface area (Å²) in [7, 11) is 0. The number of carbonyl (C=O) groups is 2. The van der Waals surface area contributed by atoms with Gasteiger partial charge < -0.3 is 20.3 Å². The number of anilines is 2. The minimum atomic E-state index is -0.596. The van der Waals surface area contributed by atoms with Crippen molar-refractivity contribution in [1.82, 2.24) is 14.9 Å². The number of amides is 2. The molecule has 2 N–H and O–H groups in total. The number of hydrogen-bond donors (Lipinski definition) is 2. The van der Waals surface area contributed by atoms with Gasteiger partial charge in [-0.15, -0.1) is 0 Å². The molecular formula is C28H31ClFN5O3. The van der Waals surface area contributed by atoms with Crippen molar-refractivity contribution in [2.45, 2.75) is 45.8 Å². The average molecular weight is 540 g/mol. The Morgan fingerprint density at radius 2 is 2.00 bits per heavy atom. The maximum absolute atomic E-state index is 13.5. The summed E-state index contributed by atoms with van der Waals surface area (Å²) in [5.41, 5.74) is 1.53. The van der Waals surface area contributed by atoms with Gasteiger partial charge in [0.25, 0.3) is 0 Å². The van der Waals surface area contributed by atoms with Crippen molar-refractivity contribution in [2.75, 3.05) is 23.7 Å². The van der Waals surface area contributed by atoms with Gasteiger partial charge in [-0.3, -0.25) is 4.79 Å². The van der Waals surface area contributed by atoms with E-state index in [0.717, 1.165) is 11.1 Å². The van der Waals surface area contributed by atoms with E-state index in [9.17, 15) is 14.0 Å². The van der Waals surface area contributed by atoms with E-state index in [1.807, 2.05) is 26.8 Å². The minimum Gasteiger partial charge on any atom is -0.444 e. The molecule has 0 spiro atoms. The third kappa shape index (κ3) is 7.41. The van der Waals surface area contributed by atoms with E-state index in [4.69, 9.17) is 16.3 Å². The molecule has 8 nitrogen and oxygen atoms in total. The number of nitrogens with one attached hydrogen (secondary N) is 2. The van der Waals surface area contributed by atoms with Gasteiger partial charge in [0.2, 0.25) is 5.91 Å². The zero-order valence-electron chi connectivity index (χ0n) is 21.6. The fraction of sp³-hybridized carbons (Fsp3) is 0.357. The first-order chi connectivity index (χ1) is 18.1. The normalized spacial score (nSPS) is 15.6. The first kappa shape index (κ1) is 27.3. The van der Waals surface area contributed by atoms with Crippen molar-refractivity contribution in [2.24, 2.45) is 5.92 Å². The summed E-state index contributed by atoms with van der Waals surface area (Å²) in [5, 5.41) is 6.45. The number of halogens is 2. The molecule has 200 valence electrons. The van der Waals surface area contributed by atoms with Gasteiger partial charge in [-0.05, 0) is 75.6 Å². The van der Waals surface area contributed by atoms with Crippen molar-refractivity contribution < 1.29 is 18.7 Å². The summed E-state index contributed by atoms with van der Waals surface area (Å²) in [6.07, 6.45) is 2.56. The molecule has 1 saturated heterocycles. The molecule has 38 heavy (non-hydrogen) atoms. The van der Waals surface area contributed by atoms with Crippen molar-refractivity contribution >= 4 is 35.2 Å². The van der Waals surface area contributed by atoms with Crippen molar-refractivity contribution in [1.29, 1.82) is 0 Å². The lowest BCUT2D eigenvalue weighted by Crippen LogP contribution is -2.45. The Morgan fingerprint density at radius 1 is 1.18 bits per heavy atom. The topological polar surface area (TPSA) is 96.5 Å². The molecule has 3 heterocycles. The monoisotopic (exact) mass is 539 g/mol. The van der Waals surface area contributed by atoms with Crippen LogP contribution in [0.5, 0.6) is 0 Å². The van der Waals surface area contributed by atoms with Crippen LogP contribution >= 0.6 is 11.6 Å². The summed E-state index contributed by atoms with van der Waals surface area (Å²) in [6.45, 7) is 6.65. The van der Waals surface area contributed by atoms with Crippen LogP contribution in [0.4, 0.5) is 20.8 Å². The van der Waals surface area contributed by atoms with Crippen LogP contribution in [0.1, 0.15) is 39.2 Å². The van der Waals surface area contributed by atoms with E-state index in [2.05, 4.69) is 20.6 Å². The molecule has 3 aromatic rings. The van der Waals surface area contributed by atoms with Gasteiger partial charge in [-0.1, -0.05) is 23.7 Å². The quantitative estimate of drug-likeness (QED) is 0.391. The van der Waals surface area contributed by atoms with Crippen LogP contribution in [-0.2, 0) is 16.1 Å². The highest BCUT2D eigenvalue weighted by atomic mass is 35.5. The lowest BCUT2D eigenvalue weighted by atomic mass is 9.97. The van der Waals surface area contributed by atoms with Gasteiger partial charge in [0.05, 0.1) is 16.6 Å². The van der Waals surface area contributed by atoms with E-state index in [1.54, 1.807) is 41.4 Å². The predicted molar refractivity (Wildman–Crippen MR) is 145 cm³/mol. The Bertz CT molecular complexity index is 1310. The van der Waals surface area contributed by atoms with Gasteiger partial charge >= 0.3 is 6.09 Å². The number of pyridine rings is 2. The second-order valence-corrected chi connectivity index (χ2v) is 10.6. The SMILES string of the molecule is CC(C)(C)OC(=O)N1CCC[C@@H](C(=O)Nc2cc(-c3ccc(Cl)c(NCc4cccc(F)c4)n3)ccn2)C1. The number of rotatable bonds is 6. The molecular weight excluding hydrogens is 509 g/mol. The highest BCUT2D eigenvalue weighted by molar-refractivity contribution is 6.33. The molecule has 1 aliphatic heterocycles. The van der Waals surface area contributed by atoms with Crippen LogP contribution in [0.2, 0.25) is 5.02 Å². The van der Waals surface area contributed by atoms with Gasteiger partial charge in [0, 0.05) is 31.4 Å². The van der Waals surface area contributed by atoms with Crippen LogP contribution in [-0.4, -0.2) is 45.6 Å². The summed E-state index contributed by atoms with van der Waals surface area (Å²) in [5.74, 6) is -0.0409. The maximum atomic E-state index is 13.5. The molecule has 0 aliphatic carbocycles. The van der Waals surface area contributed by atoms with E-state index < -0.39 is 11.7 Å². The molecule has 10 heteroatoms. The second kappa shape index (κ2) is 11.8. The highest BCUT2D eigenvalue weighted by Crippen LogP contribution is 2.27. The first-order valence-corrected chi connectivity index (χ1v) is 12.9. The Balaban J connectivity index is 1.42. The number of likely N-dealkylation sites (tertiary alicyclic amines) is 1. The number of ether oxygens (including phenoxy) is 1. The molecule has 0 bridgehead atoms. The van der Waals surface area contributed by atoms with Gasteiger partial charge in [0.15, 0.2) is 0 Å². The summed E-state index contributed by atoms with van der Waals surface area (Å²) >= 11 is 6.33. The number of hydrogen-bond acceptors (Lipinski definition) is 6. The van der Waals surface area contributed by atoms with Crippen LogP contribution in [0, 0.1) is 11.7 Å². The lowest BCUT2D eigenvalue weighted by molar-refractivity contribution is -0.121. The fourth-order valence-corrected chi connectivity index (χ4v) is 4.30. The molecule has 4 rings (SSSR count). The van der Waals surface area contributed by atoms with Crippen LogP contribution in [0.15, 0.2) is 54.7 Å². The summed E-state index contributed by atoms with van der Waals surface area (Å²) in [6, 6.07) is 13.3. The Hall–Kier alpha value is -3.72. The van der Waals surface area contributed by atoms with E-state index in [0.29, 0.717) is 54.8 Å². The van der Waals surface area contributed by atoms with Gasteiger partial charge in [0.1, 0.15) is 23.1 Å². The van der Waals surface area contributed by atoms with Crippen molar-refractivity contribution in [3.05, 3.63) is 71.1 Å². The summed E-state index contributed by atoms with van der Waals surface area (Å²) < 4.78 is 18.9. The third-order valence-corrected chi connectivity index (χ3v) is 6.25. The molecule has 1 atom stereocenters. The number of piperidine rings is 1. The fourth-order valence-electron chi connectivity index (χ4n) is 4.13. The molecule has 0 unspecified atom stereocenters. The minimum absolute atomic E-state index is 0.204. The van der Waals surface area contributed by atoms with Crippen molar-refractivity contribution in [3.8, 4) is 11.3 Å². The molecule has 1 fully saturated rings. The Kier molecular flexibility index (Phi) is 8.46. The smallest absolute Gasteiger partial charge is 0.410 e. The average Bonchev–Trinajstić information content (AvgIpc) is 2.87. The zero-order valence-corrected chi connectivity index (χ0v) is 22.4. The maximum Gasteiger partial charge on any atom is 0.410 e. The molecule has 0 saturated carbocycles. The Labute approximate surface area is 226 Å². The molecule has 0 radical (unpaired) electrons. The molecule has 1 aromatic carbocycles. The highest BCUT2D eigenvalue weighted by Gasteiger charge is 2.31. The third-order valence-electron chi connectivity index (χ3n) is 5.95. The van der Waals surface area contributed by atoms with Crippen LogP contribution in [0.3, 0.4) is 0 Å². The number of aromatic nitrogens is 2. The van der Waals surface area contributed by atoms with Crippen LogP contribution < -0.4 is 10.6 Å². The molecule has 2 aromatic heterocycles. The largest absolute Gasteiger partial charge is 0.444 e. The number of nitrogens with zero attached hydrogens (tertiary/aromatic N) is 3. The molecule has 1 aliphatic rings. The molecule has 2 amide bonds. The van der Waals surface area contributed by atoms with E-state index in [-0.39, 0.29) is 17.6 Å². The Morgan fingerprint density at radius 3 is 2.76 bits per heavy atom. The number of carbonyl (C=O) groups excluding carboxylic acids is 2.